The lowest BCUT2D eigenvalue weighted by Gasteiger charge is -2.24. The quantitative estimate of drug-likeness (QED) is 0.481. The van der Waals surface area contributed by atoms with Crippen molar-refractivity contribution in [3.05, 3.63) is 27.4 Å². The molecule has 0 saturated carbocycles. The Labute approximate surface area is 120 Å². The first-order chi connectivity index (χ1) is 9.54. The fourth-order valence-electron chi connectivity index (χ4n) is 2.24. The number of hydrogen-bond donors (Lipinski definition) is 0. The number of anilines is 1. The summed E-state index contributed by atoms with van der Waals surface area (Å²) in [6.07, 6.45) is 2.62. The van der Waals surface area contributed by atoms with E-state index in [1.165, 1.54) is 6.07 Å². The summed E-state index contributed by atoms with van der Waals surface area (Å²) in [4.78, 5) is 27.7. The van der Waals surface area contributed by atoms with Gasteiger partial charge in [0.2, 0.25) is 0 Å². The summed E-state index contributed by atoms with van der Waals surface area (Å²) in [7, 11) is 0. The molecule has 0 radical (unpaired) electrons. The molecular formula is C12H14ClN3O4. The second-order valence-electron chi connectivity index (χ2n) is 4.36. The zero-order valence-electron chi connectivity index (χ0n) is 10.9. The molecule has 0 amide bonds. The number of nitrogens with zero attached hydrogens (tertiary/aromatic N) is 3. The first-order valence-corrected chi connectivity index (χ1v) is 6.65. The fourth-order valence-corrected chi connectivity index (χ4v) is 2.50. The monoisotopic (exact) mass is 299 g/mol. The van der Waals surface area contributed by atoms with Gasteiger partial charge in [-0.2, -0.15) is 0 Å². The van der Waals surface area contributed by atoms with E-state index in [1.54, 1.807) is 11.8 Å². The van der Waals surface area contributed by atoms with Crippen LogP contribution in [-0.4, -0.2) is 35.1 Å². The average molecular weight is 300 g/mol. The Morgan fingerprint density at radius 2 is 2.45 bits per heavy atom. The van der Waals surface area contributed by atoms with E-state index >= 15 is 0 Å². The summed E-state index contributed by atoms with van der Waals surface area (Å²) in [6, 6.07) is 0.811. The predicted octanol–water partition coefficient (Wildman–Crippen LogP) is 2.18. The van der Waals surface area contributed by atoms with Crippen molar-refractivity contribution >= 4 is 29.1 Å². The number of aromatic nitrogens is 1. The van der Waals surface area contributed by atoms with Crippen LogP contribution in [0, 0.1) is 10.1 Å². The van der Waals surface area contributed by atoms with Gasteiger partial charge in [0.25, 0.3) is 5.69 Å². The molecule has 1 aromatic heterocycles. The Morgan fingerprint density at radius 1 is 1.70 bits per heavy atom. The summed E-state index contributed by atoms with van der Waals surface area (Å²) in [5, 5.41) is 10.8. The van der Waals surface area contributed by atoms with E-state index in [4.69, 9.17) is 16.3 Å². The second-order valence-corrected chi connectivity index (χ2v) is 4.77. The molecule has 0 bridgehead atoms. The van der Waals surface area contributed by atoms with E-state index in [2.05, 4.69) is 4.98 Å². The summed E-state index contributed by atoms with van der Waals surface area (Å²) in [5.74, 6) is 0.0639. The smallest absolute Gasteiger partial charge is 0.328 e. The Hall–Kier alpha value is -1.89. The van der Waals surface area contributed by atoms with E-state index in [-0.39, 0.29) is 16.7 Å². The van der Waals surface area contributed by atoms with Gasteiger partial charge in [-0.15, -0.1) is 0 Å². The van der Waals surface area contributed by atoms with E-state index in [9.17, 15) is 14.9 Å². The fraction of sp³-hybridized carbons (Fsp3) is 0.500. The highest BCUT2D eigenvalue weighted by Crippen LogP contribution is 2.32. The van der Waals surface area contributed by atoms with Gasteiger partial charge < -0.3 is 9.64 Å². The molecule has 2 rings (SSSR count). The van der Waals surface area contributed by atoms with Crippen LogP contribution < -0.4 is 4.90 Å². The lowest BCUT2D eigenvalue weighted by Crippen LogP contribution is -2.38. The minimum Gasteiger partial charge on any atom is -0.464 e. The van der Waals surface area contributed by atoms with Crippen molar-refractivity contribution in [3.8, 4) is 0 Å². The third-order valence-corrected chi connectivity index (χ3v) is 3.38. The third-order valence-electron chi connectivity index (χ3n) is 3.10. The second kappa shape index (κ2) is 6.04. The van der Waals surface area contributed by atoms with Crippen molar-refractivity contribution in [1.82, 2.24) is 4.98 Å². The van der Waals surface area contributed by atoms with Crippen LogP contribution in [0.3, 0.4) is 0 Å². The van der Waals surface area contributed by atoms with Gasteiger partial charge in [-0.25, -0.2) is 9.78 Å². The van der Waals surface area contributed by atoms with E-state index < -0.39 is 11.0 Å². The molecule has 2 heterocycles. The Kier molecular flexibility index (Phi) is 4.39. The number of nitro groups is 1. The molecule has 1 saturated heterocycles. The first-order valence-electron chi connectivity index (χ1n) is 6.27. The molecule has 0 aliphatic carbocycles. The van der Waals surface area contributed by atoms with Crippen molar-refractivity contribution in [3.63, 3.8) is 0 Å². The molecule has 20 heavy (non-hydrogen) atoms. The zero-order chi connectivity index (χ0) is 14.7. The number of carbonyl (C=O) groups is 1. The molecule has 108 valence electrons. The van der Waals surface area contributed by atoms with Gasteiger partial charge in [-0.1, -0.05) is 11.6 Å². The highest BCUT2D eigenvalue weighted by atomic mass is 35.5. The molecule has 8 heteroatoms. The molecule has 1 aliphatic heterocycles. The van der Waals surface area contributed by atoms with Crippen LogP contribution in [0.15, 0.2) is 12.3 Å². The summed E-state index contributed by atoms with van der Waals surface area (Å²) in [6.45, 7) is 2.67. The van der Waals surface area contributed by atoms with E-state index in [0.717, 1.165) is 12.6 Å². The zero-order valence-corrected chi connectivity index (χ0v) is 11.7. The average Bonchev–Trinajstić information content (AvgIpc) is 2.87. The number of esters is 1. The number of pyridine rings is 1. The first kappa shape index (κ1) is 14.5. The minimum absolute atomic E-state index is 0.162. The van der Waals surface area contributed by atoms with Crippen molar-refractivity contribution in [2.75, 3.05) is 18.1 Å². The van der Waals surface area contributed by atoms with Gasteiger partial charge in [-0.05, 0) is 19.8 Å². The van der Waals surface area contributed by atoms with Gasteiger partial charge in [0.15, 0.2) is 0 Å². The lowest BCUT2D eigenvalue weighted by molar-refractivity contribution is -0.385. The molecule has 1 fully saturated rings. The van der Waals surface area contributed by atoms with E-state index in [1.807, 2.05) is 0 Å². The largest absolute Gasteiger partial charge is 0.464 e. The molecule has 1 unspecified atom stereocenters. The number of carbonyl (C=O) groups excluding carboxylic acids is 1. The van der Waals surface area contributed by atoms with Crippen molar-refractivity contribution in [1.29, 1.82) is 0 Å². The number of ether oxygens (including phenoxy) is 1. The minimum atomic E-state index is -0.560. The van der Waals surface area contributed by atoms with Crippen LogP contribution in [0.25, 0.3) is 0 Å². The highest BCUT2D eigenvalue weighted by Gasteiger charge is 2.34. The molecular weight excluding hydrogens is 286 g/mol. The molecule has 0 spiro atoms. The number of halogens is 1. The van der Waals surface area contributed by atoms with Crippen LogP contribution in [0.5, 0.6) is 0 Å². The Morgan fingerprint density at radius 3 is 3.05 bits per heavy atom. The number of hydrogen-bond acceptors (Lipinski definition) is 6. The van der Waals surface area contributed by atoms with Crippen LogP contribution in [0.1, 0.15) is 19.8 Å². The SMILES string of the molecule is CCOC(=O)C1CCCN1c1ncc([N+](=O)[O-])cc1Cl. The van der Waals surface area contributed by atoms with E-state index in [0.29, 0.717) is 25.4 Å². The molecule has 0 N–H and O–H groups in total. The molecule has 7 nitrogen and oxygen atoms in total. The highest BCUT2D eigenvalue weighted by molar-refractivity contribution is 6.33. The number of rotatable bonds is 4. The summed E-state index contributed by atoms with van der Waals surface area (Å²) < 4.78 is 5.02. The molecule has 1 aliphatic rings. The Bertz CT molecular complexity index is 537. The Balaban J connectivity index is 2.26. The summed E-state index contributed by atoms with van der Waals surface area (Å²) in [5.41, 5.74) is -0.175. The van der Waals surface area contributed by atoms with Crippen LogP contribution in [-0.2, 0) is 9.53 Å². The molecule has 1 aromatic rings. The van der Waals surface area contributed by atoms with Gasteiger partial charge in [0.1, 0.15) is 18.1 Å². The maximum atomic E-state index is 11.9. The van der Waals surface area contributed by atoms with Gasteiger partial charge in [0, 0.05) is 12.6 Å². The van der Waals surface area contributed by atoms with Crippen LogP contribution in [0.4, 0.5) is 11.5 Å². The van der Waals surface area contributed by atoms with Gasteiger partial charge >= 0.3 is 5.97 Å². The lowest BCUT2D eigenvalue weighted by atomic mass is 10.2. The molecule has 1 atom stereocenters. The van der Waals surface area contributed by atoms with Crippen LogP contribution in [0.2, 0.25) is 5.02 Å². The third kappa shape index (κ3) is 2.82. The molecule has 0 aromatic carbocycles. The summed E-state index contributed by atoms with van der Waals surface area (Å²) >= 11 is 6.04. The topological polar surface area (TPSA) is 85.6 Å². The van der Waals surface area contributed by atoms with Gasteiger partial charge in [-0.3, -0.25) is 10.1 Å². The van der Waals surface area contributed by atoms with Gasteiger partial charge in [0.05, 0.1) is 16.6 Å². The van der Waals surface area contributed by atoms with Crippen molar-refractivity contribution in [2.24, 2.45) is 0 Å². The van der Waals surface area contributed by atoms with Crippen LogP contribution >= 0.6 is 11.6 Å². The predicted molar refractivity (Wildman–Crippen MR) is 72.9 cm³/mol. The van der Waals surface area contributed by atoms with Crippen molar-refractivity contribution < 1.29 is 14.5 Å². The normalized spacial score (nSPS) is 18.1. The van der Waals surface area contributed by atoms with Crippen molar-refractivity contribution in [2.45, 2.75) is 25.8 Å². The standard InChI is InChI=1S/C12H14ClN3O4/c1-2-20-12(17)10-4-3-5-15(10)11-9(13)6-8(7-14-11)16(18)19/h6-7,10H,2-5H2,1H3. The maximum absolute atomic E-state index is 11.9. The maximum Gasteiger partial charge on any atom is 0.328 e.